The second-order valence-corrected chi connectivity index (χ2v) is 4.90. The third-order valence-corrected chi connectivity index (χ3v) is 3.51. The normalized spacial score (nSPS) is 10.7. The van der Waals surface area contributed by atoms with Gasteiger partial charge >= 0.3 is 0 Å². The number of aromatic nitrogens is 4. The van der Waals surface area contributed by atoms with E-state index in [1.165, 1.54) is 18.1 Å². The molecule has 2 aromatic heterocycles. The highest BCUT2D eigenvalue weighted by molar-refractivity contribution is 7.99. The first kappa shape index (κ1) is 12.6. The number of hydrogen-bond acceptors (Lipinski definition) is 8. The topological polar surface area (TPSA) is 116 Å². The predicted octanol–water partition coefficient (Wildman–Crippen LogP) is 1.44. The van der Waals surface area contributed by atoms with Gasteiger partial charge in [-0.1, -0.05) is 18.2 Å². The Labute approximate surface area is 118 Å². The molecule has 20 heavy (non-hydrogen) atoms. The van der Waals surface area contributed by atoms with E-state index in [1.807, 2.05) is 24.3 Å². The first-order valence-corrected chi connectivity index (χ1v) is 6.56. The van der Waals surface area contributed by atoms with E-state index in [-0.39, 0.29) is 5.95 Å². The molecule has 0 aliphatic rings. The number of nitrogens with zero attached hydrogens (tertiary/aromatic N) is 4. The smallest absolute Gasteiger partial charge is 0.223 e. The molecule has 100 valence electrons. The van der Waals surface area contributed by atoms with Crippen molar-refractivity contribution < 1.29 is 0 Å². The molecular formula is C12H11N7S. The molecule has 0 aliphatic carbocycles. The van der Waals surface area contributed by atoms with Gasteiger partial charge < -0.3 is 11.2 Å². The summed E-state index contributed by atoms with van der Waals surface area (Å²) >= 11 is 1.38. The molecule has 7 nitrogen and oxygen atoms in total. The van der Waals surface area contributed by atoms with Crippen molar-refractivity contribution in [2.24, 2.45) is 5.84 Å². The van der Waals surface area contributed by atoms with Gasteiger partial charge in [0.25, 0.3) is 0 Å². The van der Waals surface area contributed by atoms with Crippen LogP contribution in [0.1, 0.15) is 0 Å². The number of nitrogens with one attached hydrogen (secondary N) is 1. The van der Waals surface area contributed by atoms with Crippen LogP contribution in [0.5, 0.6) is 0 Å². The highest BCUT2D eigenvalue weighted by atomic mass is 32.2. The van der Waals surface area contributed by atoms with E-state index in [1.54, 1.807) is 6.07 Å². The monoisotopic (exact) mass is 285 g/mol. The minimum absolute atomic E-state index is 0.154. The number of benzene rings is 1. The van der Waals surface area contributed by atoms with Gasteiger partial charge in [0.1, 0.15) is 22.2 Å². The number of hydrogen-bond donors (Lipinski definition) is 3. The zero-order valence-electron chi connectivity index (χ0n) is 10.3. The van der Waals surface area contributed by atoms with Crippen LogP contribution in [0.15, 0.2) is 46.7 Å². The number of anilines is 2. The lowest BCUT2D eigenvalue weighted by Crippen LogP contribution is -2.10. The van der Waals surface area contributed by atoms with E-state index in [4.69, 9.17) is 11.6 Å². The summed E-state index contributed by atoms with van der Waals surface area (Å²) < 4.78 is 0. The van der Waals surface area contributed by atoms with Crippen molar-refractivity contribution in [2.75, 3.05) is 11.2 Å². The van der Waals surface area contributed by atoms with Crippen molar-refractivity contribution in [2.45, 2.75) is 10.1 Å². The van der Waals surface area contributed by atoms with Crippen LogP contribution in [-0.4, -0.2) is 19.9 Å². The van der Waals surface area contributed by atoms with Gasteiger partial charge in [0.2, 0.25) is 5.95 Å². The molecule has 3 rings (SSSR count). The molecule has 0 bridgehead atoms. The molecule has 0 radical (unpaired) electrons. The first-order valence-electron chi connectivity index (χ1n) is 5.75. The lowest BCUT2D eigenvalue weighted by atomic mass is 10.2. The molecule has 0 spiro atoms. The Bertz CT molecular complexity index is 756. The second-order valence-electron chi connectivity index (χ2n) is 3.89. The predicted molar refractivity (Wildman–Crippen MR) is 77.9 cm³/mol. The van der Waals surface area contributed by atoms with Crippen molar-refractivity contribution in [3.05, 3.63) is 36.7 Å². The van der Waals surface area contributed by atoms with Crippen LogP contribution in [0.3, 0.4) is 0 Å². The molecule has 0 saturated heterocycles. The Morgan fingerprint density at radius 3 is 2.80 bits per heavy atom. The maximum absolute atomic E-state index is 5.64. The molecule has 5 N–H and O–H groups in total. The standard InChI is InChI=1S/C12H11N7S/c13-12-17-9(19-14)5-10(18-12)20-11-7-3-1-2-4-8(7)15-6-16-11/h1-6H,14H2,(H3,13,17,18,19). The number of para-hydroxylation sites is 1. The van der Waals surface area contributed by atoms with E-state index < -0.39 is 0 Å². The molecule has 0 unspecified atom stereocenters. The largest absolute Gasteiger partial charge is 0.368 e. The van der Waals surface area contributed by atoms with E-state index in [0.717, 1.165) is 15.9 Å². The third kappa shape index (κ3) is 2.46. The lowest BCUT2D eigenvalue weighted by Gasteiger charge is -2.06. The minimum atomic E-state index is 0.154. The summed E-state index contributed by atoms with van der Waals surface area (Å²) in [5, 5.41) is 2.42. The van der Waals surface area contributed by atoms with Crippen molar-refractivity contribution in [3.63, 3.8) is 0 Å². The molecule has 0 saturated carbocycles. The highest BCUT2D eigenvalue weighted by Gasteiger charge is 2.08. The average molecular weight is 285 g/mol. The lowest BCUT2D eigenvalue weighted by molar-refractivity contribution is 1.04. The Kier molecular flexibility index (Phi) is 3.32. The fourth-order valence-electron chi connectivity index (χ4n) is 1.73. The number of rotatable bonds is 3. The molecule has 8 heteroatoms. The van der Waals surface area contributed by atoms with Crippen molar-refractivity contribution in [3.8, 4) is 0 Å². The number of nitrogen functional groups attached to an aromatic ring is 2. The Hall–Kier alpha value is -2.45. The molecule has 2 heterocycles. The SMILES string of the molecule is NNc1cc(Sc2ncnc3ccccc23)nc(N)n1. The van der Waals surface area contributed by atoms with E-state index in [9.17, 15) is 0 Å². The van der Waals surface area contributed by atoms with Gasteiger partial charge in [-0.05, 0) is 17.8 Å². The fourth-order valence-corrected chi connectivity index (χ4v) is 2.62. The van der Waals surface area contributed by atoms with E-state index in [0.29, 0.717) is 10.8 Å². The number of nitrogens with two attached hydrogens (primary N) is 2. The summed E-state index contributed by atoms with van der Waals surface area (Å²) in [5.74, 6) is 5.95. The van der Waals surface area contributed by atoms with Crippen molar-refractivity contribution in [1.82, 2.24) is 19.9 Å². The van der Waals surface area contributed by atoms with Crippen LogP contribution >= 0.6 is 11.8 Å². The van der Waals surface area contributed by atoms with Crippen molar-refractivity contribution >= 4 is 34.4 Å². The van der Waals surface area contributed by atoms with Gasteiger partial charge in [0.15, 0.2) is 0 Å². The summed E-state index contributed by atoms with van der Waals surface area (Å²) in [6.45, 7) is 0. The van der Waals surface area contributed by atoms with E-state index in [2.05, 4.69) is 25.4 Å². The summed E-state index contributed by atoms with van der Waals surface area (Å²) in [4.78, 5) is 16.6. The van der Waals surface area contributed by atoms with Gasteiger partial charge in [0.05, 0.1) is 5.52 Å². The molecule has 3 aromatic rings. The third-order valence-electron chi connectivity index (χ3n) is 2.58. The molecule has 1 aromatic carbocycles. The van der Waals surface area contributed by atoms with Crippen molar-refractivity contribution in [1.29, 1.82) is 0 Å². The molecular weight excluding hydrogens is 274 g/mol. The van der Waals surface area contributed by atoms with Crippen LogP contribution in [0.2, 0.25) is 0 Å². The molecule has 0 atom stereocenters. The van der Waals surface area contributed by atoms with Crippen LogP contribution in [-0.2, 0) is 0 Å². The average Bonchev–Trinajstić information content (AvgIpc) is 2.47. The molecule has 0 amide bonds. The number of hydrazine groups is 1. The van der Waals surface area contributed by atoms with Gasteiger partial charge in [-0.3, -0.25) is 0 Å². The quantitative estimate of drug-likeness (QED) is 0.376. The minimum Gasteiger partial charge on any atom is -0.368 e. The highest BCUT2D eigenvalue weighted by Crippen LogP contribution is 2.30. The fraction of sp³-hybridized carbons (Fsp3) is 0. The zero-order chi connectivity index (χ0) is 13.9. The first-order chi connectivity index (χ1) is 9.76. The van der Waals surface area contributed by atoms with Crippen LogP contribution in [0, 0.1) is 0 Å². The summed E-state index contributed by atoms with van der Waals surface area (Å²) in [5.41, 5.74) is 8.97. The van der Waals surface area contributed by atoms with Gasteiger partial charge in [0, 0.05) is 11.5 Å². The molecule has 0 aliphatic heterocycles. The summed E-state index contributed by atoms with van der Waals surface area (Å²) in [7, 11) is 0. The van der Waals surface area contributed by atoms with Gasteiger partial charge in [-0.25, -0.2) is 20.8 Å². The number of fused-ring (bicyclic) bond motifs is 1. The molecule has 0 fully saturated rings. The summed E-state index contributed by atoms with van der Waals surface area (Å²) in [6.07, 6.45) is 1.53. The maximum atomic E-state index is 5.64. The Balaban J connectivity index is 2.03. The maximum Gasteiger partial charge on any atom is 0.223 e. The Morgan fingerprint density at radius 2 is 1.95 bits per heavy atom. The van der Waals surface area contributed by atoms with Crippen LogP contribution in [0.4, 0.5) is 11.8 Å². The van der Waals surface area contributed by atoms with Crippen LogP contribution in [0.25, 0.3) is 10.9 Å². The van der Waals surface area contributed by atoms with Gasteiger partial charge in [-0.15, -0.1) is 0 Å². The van der Waals surface area contributed by atoms with Gasteiger partial charge in [-0.2, -0.15) is 4.98 Å². The zero-order valence-corrected chi connectivity index (χ0v) is 11.1. The summed E-state index contributed by atoms with van der Waals surface area (Å²) in [6, 6.07) is 9.48. The van der Waals surface area contributed by atoms with Crippen LogP contribution < -0.4 is 17.0 Å². The Morgan fingerprint density at radius 1 is 1.10 bits per heavy atom. The van der Waals surface area contributed by atoms with E-state index >= 15 is 0 Å². The second kappa shape index (κ2) is 5.27.